The Kier molecular flexibility index (Phi) is 6.42. The molecule has 1 atom stereocenters. The second-order valence-corrected chi connectivity index (χ2v) is 6.22. The van der Waals surface area contributed by atoms with Crippen LogP contribution in [0.3, 0.4) is 0 Å². The number of halogens is 3. The van der Waals surface area contributed by atoms with Gasteiger partial charge in [0, 0.05) is 6.42 Å². The fraction of sp³-hybridized carbons (Fsp3) is 0.333. The number of aldehydes is 1. The molecule has 0 bridgehead atoms. The summed E-state index contributed by atoms with van der Waals surface area (Å²) in [6.07, 6.45) is 0.0989. The summed E-state index contributed by atoms with van der Waals surface area (Å²) in [6.45, 7) is -0.369. The van der Waals surface area contributed by atoms with Gasteiger partial charge in [0.2, 0.25) is 3.79 Å². The molecule has 0 fully saturated rings. The van der Waals surface area contributed by atoms with E-state index in [1.54, 1.807) is 12.1 Å². The highest BCUT2D eigenvalue weighted by Gasteiger charge is 2.23. The molecule has 19 heavy (non-hydrogen) atoms. The Morgan fingerprint density at radius 1 is 1.32 bits per heavy atom. The van der Waals surface area contributed by atoms with Crippen LogP contribution in [0, 0.1) is 0 Å². The number of ether oxygens (including phenoxy) is 1. The predicted molar refractivity (Wildman–Crippen MR) is 74.6 cm³/mol. The largest absolute Gasteiger partial charge is 0.445 e. The lowest BCUT2D eigenvalue weighted by Crippen LogP contribution is -2.31. The van der Waals surface area contributed by atoms with Crippen LogP contribution in [0.15, 0.2) is 30.3 Å². The molecule has 1 rings (SSSR count). The molecule has 104 valence electrons. The van der Waals surface area contributed by atoms with Crippen molar-refractivity contribution < 1.29 is 14.3 Å². The Balaban J connectivity index is 2.59. The van der Waals surface area contributed by atoms with E-state index in [0.717, 1.165) is 5.56 Å². The van der Waals surface area contributed by atoms with E-state index in [9.17, 15) is 9.59 Å². The molecule has 0 saturated heterocycles. The Labute approximate surface area is 126 Å². The number of carbonyl (C=O) groups is 2. The molecule has 1 aromatic carbocycles. The van der Waals surface area contributed by atoms with Crippen molar-refractivity contribution in [3.8, 4) is 0 Å². The van der Waals surface area contributed by atoms with Crippen LogP contribution in [0.1, 0.15) is 18.0 Å². The standard InChI is InChI=1S/C12H12Cl3NO3/c13-12(14,15)8-19-11(18)16-10(6-7-17)9-4-2-1-3-5-9/h1-5,7,10H,6,8H2,(H,16,18). The van der Waals surface area contributed by atoms with Crippen LogP contribution in [0.25, 0.3) is 0 Å². The van der Waals surface area contributed by atoms with Crippen molar-refractivity contribution >= 4 is 47.2 Å². The Hall–Kier alpha value is -0.970. The summed E-state index contributed by atoms with van der Waals surface area (Å²) in [6, 6.07) is 8.57. The maximum Gasteiger partial charge on any atom is 0.407 e. The Bertz CT molecular complexity index is 420. The zero-order chi connectivity index (χ0) is 14.3. The van der Waals surface area contributed by atoms with Gasteiger partial charge in [0.1, 0.15) is 12.9 Å². The zero-order valence-corrected chi connectivity index (χ0v) is 12.1. The SMILES string of the molecule is O=CCC(NC(=O)OCC(Cl)(Cl)Cl)c1ccccc1. The number of hydrogen-bond acceptors (Lipinski definition) is 3. The number of benzene rings is 1. The minimum Gasteiger partial charge on any atom is -0.445 e. The summed E-state index contributed by atoms with van der Waals surface area (Å²) in [5.41, 5.74) is 0.792. The van der Waals surface area contributed by atoms with E-state index in [1.807, 2.05) is 18.2 Å². The molecule has 0 aliphatic heterocycles. The quantitative estimate of drug-likeness (QED) is 0.667. The number of carbonyl (C=O) groups excluding carboxylic acids is 2. The van der Waals surface area contributed by atoms with E-state index >= 15 is 0 Å². The lowest BCUT2D eigenvalue weighted by Gasteiger charge is -2.18. The highest BCUT2D eigenvalue weighted by atomic mass is 35.6. The first-order valence-electron chi connectivity index (χ1n) is 5.41. The van der Waals surface area contributed by atoms with Crippen molar-refractivity contribution in [3.05, 3.63) is 35.9 Å². The minimum absolute atomic E-state index is 0.132. The number of nitrogens with one attached hydrogen (secondary N) is 1. The predicted octanol–water partition coefficient (Wildman–Crippen LogP) is 3.41. The molecule has 0 aliphatic rings. The lowest BCUT2D eigenvalue weighted by atomic mass is 10.1. The molecule has 0 aromatic heterocycles. The number of alkyl halides is 3. The van der Waals surface area contributed by atoms with Crippen molar-refractivity contribution in [3.63, 3.8) is 0 Å². The molecule has 1 N–H and O–H groups in total. The van der Waals surface area contributed by atoms with E-state index in [2.05, 4.69) is 5.32 Å². The molecule has 1 unspecified atom stereocenters. The third-order valence-corrected chi connectivity index (χ3v) is 2.52. The average molecular weight is 325 g/mol. The summed E-state index contributed by atoms with van der Waals surface area (Å²) >= 11 is 16.4. The highest BCUT2D eigenvalue weighted by Crippen LogP contribution is 2.26. The smallest absolute Gasteiger partial charge is 0.407 e. The number of amides is 1. The molecule has 1 amide bonds. The van der Waals surface area contributed by atoms with Crippen molar-refractivity contribution in [2.75, 3.05) is 6.61 Å². The van der Waals surface area contributed by atoms with E-state index in [1.165, 1.54) is 0 Å². The van der Waals surface area contributed by atoms with Crippen LogP contribution in [0.4, 0.5) is 4.79 Å². The molecule has 4 nitrogen and oxygen atoms in total. The molecule has 0 radical (unpaired) electrons. The van der Waals surface area contributed by atoms with Crippen molar-refractivity contribution in [2.45, 2.75) is 16.3 Å². The van der Waals surface area contributed by atoms with Crippen molar-refractivity contribution in [1.82, 2.24) is 5.32 Å². The zero-order valence-electron chi connectivity index (χ0n) is 9.81. The van der Waals surface area contributed by atoms with E-state index in [0.29, 0.717) is 6.29 Å². The van der Waals surface area contributed by atoms with Crippen LogP contribution in [-0.4, -0.2) is 22.8 Å². The van der Waals surface area contributed by atoms with Crippen LogP contribution in [0.2, 0.25) is 0 Å². The van der Waals surface area contributed by atoms with Crippen LogP contribution >= 0.6 is 34.8 Å². The van der Waals surface area contributed by atoms with Gasteiger partial charge in [0.25, 0.3) is 0 Å². The summed E-state index contributed by atoms with van der Waals surface area (Å²) < 4.78 is 3.08. The van der Waals surface area contributed by atoms with Gasteiger partial charge in [0.15, 0.2) is 0 Å². The van der Waals surface area contributed by atoms with Crippen LogP contribution in [-0.2, 0) is 9.53 Å². The number of hydrogen-bond donors (Lipinski definition) is 1. The third-order valence-electron chi connectivity index (χ3n) is 2.19. The van der Waals surface area contributed by atoms with E-state index in [4.69, 9.17) is 39.5 Å². The molecule has 1 aromatic rings. The highest BCUT2D eigenvalue weighted by molar-refractivity contribution is 6.67. The van der Waals surface area contributed by atoms with Gasteiger partial charge >= 0.3 is 6.09 Å². The minimum atomic E-state index is -1.66. The summed E-state index contributed by atoms with van der Waals surface area (Å²) in [5, 5.41) is 2.54. The molecular formula is C12H12Cl3NO3. The monoisotopic (exact) mass is 323 g/mol. The van der Waals surface area contributed by atoms with Gasteiger partial charge in [0.05, 0.1) is 6.04 Å². The summed E-state index contributed by atoms with van der Waals surface area (Å²) in [7, 11) is 0. The Morgan fingerprint density at radius 2 is 1.95 bits per heavy atom. The first-order chi connectivity index (χ1) is 8.92. The van der Waals surface area contributed by atoms with Gasteiger partial charge in [-0.1, -0.05) is 65.1 Å². The Morgan fingerprint density at radius 3 is 2.47 bits per heavy atom. The molecule has 0 saturated carbocycles. The number of rotatable bonds is 5. The first kappa shape index (κ1) is 16.1. The maximum absolute atomic E-state index is 11.5. The van der Waals surface area contributed by atoms with Gasteiger partial charge in [-0.15, -0.1) is 0 Å². The van der Waals surface area contributed by atoms with Crippen LogP contribution in [0.5, 0.6) is 0 Å². The van der Waals surface area contributed by atoms with Gasteiger partial charge in [-0.2, -0.15) is 0 Å². The summed E-state index contributed by atoms with van der Waals surface area (Å²) in [5.74, 6) is 0. The van der Waals surface area contributed by atoms with Crippen LogP contribution < -0.4 is 5.32 Å². The number of alkyl carbamates (subject to hydrolysis) is 1. The topological polar surface area (TPSA) is 55.4 Å². The van der Waals surface area contributed by atoms with E-state index in [-0.39, 0.29) is 13.0 Å². The van der Waals surface area contributed by atoms with Gasteiger partial charge in [-0.05, 0) is 5.56 Å². The van der Waals surface area contributed by atoms with Gasteiger partial charge in [-0.25, -0.2) is 4.79 Å². The molecular weight excluding hydrogens is 312 g/mol. The normalized spacial score (nSPS) is 12.6. The second-order valence-electron chi connectivity index (χ2n) is 3.70. The second kappa shape index (κ2) is 7.58. The molecule has 7 heteroatoms. The average Bonchev–Trinajstić information content (AvgIpc) is 2.36. The molecule has 0 aliphatic carbocycles. The lowest BCUT2D eigenvalue weighted by molar-refractivity contribution is -0.108. The molecule has 0 heterocycles. The summed E-state index contributed by atoms with van der Waals surface area (Å²) in [4.78, 5) is 22.2. The van der Waals surface area contributed by atoms with Crippen molar-refractivity contribution in [2.24, 2.45) is 0 Å². The first-order valence-corrected chi connectivity index (χ1v) is 6.54. The van der Waals surface area contributed by atoms with E-state index < -0.39 is 15.9 Å². The maximum atomic E-state index is 11.5. The van der Waals surface area contributed by atoms with Gasteiger partial charge < -0.3 is 14.8 Å². The third kappa shape index (κ3) is 6.66. The fourth-order valence-corrected chi connectivity index (χ4v) is 1.55. The fourth-order valence-electron chi connectivity index (χ4n) is 1.39. The molecule has 0 spiro atoms. The van der Waals surface area contributed by atoms with Crippen molar-refractivity contribution in [1.29, 1.82) is 0 Å². The van der Waals surface area contributed by atoms with Gasteiger partial charge in [-0.3, -0.25) is 0 Å².